The van der Waals surface area contributed by atoms with Gasteiger partial charge >= 0.3 is 0 Å². The molecule has 2 nitrogen and oxygen atoms in total. The summed E-state index contributed by atoms with van der Waals surface area (Å²) in [5.74, 6) is 0.251. The largest absolute Gasteiger partial charge is 0.314 e. The number of anilines is 1. The number of amides is 1. The molecule has 100 valence electrons. The Morgan fingerprint density at radius 1 is 1.00 bits per heavy atom. The highest BCUT2D eigenvalue weighted by molar-refractivity contribution is 6.04. The number of aryl methyl sites for hydroxylation is 1. The number of rotatable bonds is 0. The monoisotopic (exact) mass is 263 g/mol. The Morgan fingerprint density at radius 3 is 2.55 bits per heavy atom. The van der Waals surface area contributed by atoms with Crippen molar-refractivity contribution in [3.63, 3.8) is 0 Å². The van der Waals surface area contributed by atoms with Gasteiger partial charge in [0.05, 0.1) is 5.41 Å². The van der Waals surface area contributed by atoms with Gasteiger partial charge in [0.25, 0.3) is 0 Å². The molecule has 2 aliphatic rings. The van der Waals surface area contributed by atoms with Crippen LogP contribution in [0.2, 0.25) is 0 Å². The fraction of sp³-hybridized carbons (Fsp3) is 0.278. The number of hydrogen-bond acceptors (Lipinski definition) is 1. The predicted molar refractivity (Wildman–Crippen MR) is 80.0 cm³/mol. The lowest BCUT2D eigenvalue weighted by atomic mass is 9.73. The molecule has 0 saturated heterocycles. The minimum atomic E-state index is -0.334. The summed E-state index contributed by atoms with van der Waals surface area (Å²) >= 11 is 0. The lowest BCUT2D eigenvalue weighted by molar-refractivity contribution is -0.124. The van der Waals surface area contributed by atoms with Crippen LogP contribution in [0.1, 0.15) is 23.1 Å². The molecule has 2 aromatic rings. The zero-order valence-electron chi connectivity index (χ0n) is 11.6. The summed E-state index contributed by atoms with van der Waals surface area (Å²) in [7, 11) is 1.91. The van der Waals surface area contributed by atoms with Gasteiger partial charge in [-0.05, 0) is 42.0 Å². The van der Waals surface area contributed by atoms with Gasteiger partial charge in [-0.15, -0.1) is 0 Å². The molecular formula is C18H17NO. The molecule has 0 N–H and O–H groups in total. The molecule has 1 aliphatic heterocycles. The number of fused-ring (bicyclic) bond motifs is 3. The van der Waals surface area contributed by atoms with E-state index in [0.29, 0.717) is 0 Å². The maximum atomic E-state index is 13.0. The maximum Gasteiger partial charge on any atom is 0.237 e. The number of para-hydroxylation sites is 1. The standard InChI is InChI=1S/C18H17NO/c1-19-16-9-5-3-7-14(16)12-18(17(19)20)11-10-13-6-2-4-8-15(13)18/h2-9H,10-12H2,1H3. The molecule has 0 bridgehead atoms. The number of likely N-dealkylation sites (N-methyl/N-ethyl adjacent to an activating group) is 1. The van der Waals surface area contributed by atoms with E-state index >= 15 is 0 Å². The van der Waals surface area contributed by atoms with Crippen molar-refractivity contribution >= 4 is 11.6 Å². The van der Waals surface area contributed by atoms with Crippen molar-refractivity contribution in [2.75, 3.05) is 11.9 Å². The van der Waals surface area contributed by atoms with Crippen molar-refractivity contribution < 1.29 is 4.79 Å². The number of hydrogen-bond donors (Lipinski definition) is 0. The molecule has 1 heterocycles. The minimum Gasteiger partial charge on any atom is -0.314 e. The highest BCUT2D eigenvalue weighted by Gasteiger charge is 2.49. The van der Waals surface area contributed by atoms with Crippen LogP contribution < -0.4 is 4.90 Å². The Bertz CT molecular complexity index is 706. The third-order valence-corrected chi connectivity index (χ3v) is 4.91. The smallest absolute Gasteiger partial charge is 0.237 e. The van der Waals surface area contributed by atoms with E-state index in [9.17, 15) is 4.79 Å². The topological polar surface area (TPSA) is 20.3 Å². The highest BCUT2D eigenvalue weighted by Crippen LogP contribution is 2.47. The van der Waals surface area contributed by atoms with Crippen molar-refractivity contribution in [2.45, 2.75) is 24.7 Å². The summed E-state index contributed by atoms with van der Waals surface area (Å²) in [5.41, 5.74) is 4.60. The minimum absolute atomic E-state index is 0.251. The Labute approximate surface area is 119 Å². The molecule has 1 unspecified atom stereocenters. The van der Waals surface area contributed by atoms with E-state index in [-0.39, 0.29) is 11.3 Å². The van der Waals surface area contributed by atoms with Gasteiger partial charge in [-0.1, -0.05) is 42.5 Å². The van der Waals surface area contributed by atoms with Gasteiger partial charge in [0.15, 0.2) is 0 Å². The van der Waals surface area contributed by atoms with E-state index in [1.54, 1.807) is 0 Å². The van der Waals surface area contributed by atoms with Gasteiger partial charge in [0.1, 0.15) is 0 Å². The highest BCUT2D eigenvalue weighted by atomic mass is 16.2. The quantitative estimate of drug-likeness (QED) is 0.715. The third kappa shape index (κ3) is 1.36. The molecule has 0 aromatic heterocycles. The summed E-state index contributed by atoms with van der Waals surface area (Å²) in [4.78, 5) is 14.8. The van der Waals surface area contributed by atoms with Gasteiger partial charge < -0.3 is 4.90 Å². The lowest BCUT2D eigenvalue weighted by Gasteiger charge is -2.39. The second-order valence-electron chi connectivity index (χ2n) is 5.91. The molecule has 20 heavy (non-hydrogen) atoms. The first kappa shape index (κ1) is 11.7. The van der Waals surface area contributed by atoms with Crippen LogP contribution in [-0.2, 0) is 23.1 Å². The normalized spacial score (nSPS) is 23.9. The molecule has 2 heteroatoms. The summed E-state index contributed by atoms with van der Waals surface area (Å²) in [5, 5.41) is 0. The Kier molecular flexibility index (Phi) is 2.31. The first-order valence-electron chi connectivity index (χ1n) is 7.17. The van der Waals surface area contributed by atoms with Crippen molar-refractivity contribution in [1.82, 2.24) is 0 Å². The Balaban J connectivity index is 1.92. The molecule has 2 aromatic carbocycles. The van der Waals surface area contributed by atoms with Crippen LogP contribution in [0.5, 0.6) is 0 Å². The van der Waals surface area contributed by atoms with Gasteiger partial charge in [0, 0.05) is 12.7 Å². The van der Waals surface area contributed by atoms with Gasteiger partial charge in [-0.3, -0.25) is 4.79 Å². The van der Waals surface area contributed by atoms with Crippen molar-refractivity contribution in [2.24, 2.45) is 0 Å². The van der Waals surface area contributed by atoms with Gasteiger partial charge in [0.2, 0.25) is 5.91 Å². The van der Waals surface area contributed by atoms with Crippen LogP contribution in [0.25, 0.3) is 0 Å². The fourth-order valence-electron chi connectivity index (χ4n) is 3.91. The van der Waals surface area contributed by atoms with E-state index in [4.69, 9.17) is 0 Å². The molecule has 0 radical (unpaired) electrons. The van der Waals surface area contributed by atoms with E-state index in [2.05, 4.69) is 36.4 Å². The maximum absolute atomic E-state index is 13.0. The van der Waals surface area contributed by atoms with Crippen LogP contribution in [0.4, 0.5) is 5.69 Å². The summed E-state index contributed by atoms with van der Waals surface area (Å²) < 4.78 is 0. The first-order valence-corrected chi connectivity index (χ1v) is 7.17. The lowest BCUT2D eigenvalue weighted by Crippen LogP contribution is -2.49. The zero-order chi connectivity index (χ0) is 13.7. The number of nitrogens with zero attached hydrogens (tertiary/aromatic N) is 1. The van der Waals surface area contributed by atoms with E-state index < -0.39 is 0 Å². The summed E-state index contributed by atoms with van der Waals surface area (Å²) in [6.07, 6.45) is 2.78. The molecule has 1 atom stereocenters. The van der Waals surface area contributed by atoms with Crippen LogP contribution in [0.3, 0.4) is 0 Å². The number of benzene rings is 2. The number of carbonyl (C=O) groups is 1. The number of carbonyl (C=O) groups excluding carboxylic acids is 1. The van der Waals surface area contributed by atoms with E-state index in [1.165, 1.54) is 16.7 Å². The van der Waals surface area contributed by atoms with Crippen molar-refractivity contribution in [1.29, 1.82) is 0 Å². The SMILES string of the molecule is CN1C(=O)C2(CCc3ccccc32)Cc2ccccc21. The first-order chi connectivity index (χ1) is 9.72. The average Bonchev–Trinajstić information content (AvgIpc) is 2.85. The molecule has 0 fully saturated rings. The van der Waals surface area contributed by atoms with Crippen molar-refractivity contribution in [3.8, 4) is 0 Å². The van der Waals surface area contributed by atoms with Crippen LogP contribution in [-0.4, -0.2) is 13.0 Å². The average molecular weight is 263 g/mol. The third-order valence-electron chi connectivity index (χ3n) is 4.91. The van der Waals surface area contributed by atoms with Crippen LogP contribution >= 0.6 is 0 Å². The molecule has 0 saturated carbocycles. The summed E-state index contributed by atoms with van der Waals surface area (Å²) in [6.45, 7) is 0. The molecule has 1 aliphatic carbocycles. The Hall–Kier alpha value is -2.09. The van der Waals surface area contributed by atoms with Crippen LogP contribution in [0.15, 0.2) is 48.5 Å². The fourth-order valence-corrected chi connectivity index (χ4v) is 3.91. The van der Waals surface area contributed by atoms with Crippen LogP contribution in [0, 0.1) is 0 Å². The second-order valence-corrected chi connectivity index (χ2v) is 5.91. The van der Waals surface area contributed by atoms with Gasteiger partial charge in [-0.25, -0.2) is 0 Å². The zero-order valence-corrected chi connectivity index (χ0v) is 11.6. The van der Waals surface area contributed by atoms with Gasteiger partial charge in [-0.2, -0.15) is 0 Å². The Morgan fingerprint density at radius 2 is 1.70 bits per heavy atom. The molecule has 1 amide bonds. The van der Waals surface area contributed by atoms with E-state index in [0.717, 1.165) is 24.9 Å². The predicted octanol–water partition coefficient (Wildman–Crippen LogP) is 3.09. The van der Waals surface area contributed by atoms with E-state index in [1.807, 2.05) is 24.1 Å². The molecule has 4 rings (SSSR count). The van der Waals surface area contributed by atoms with Crippen molar-refractivity contribution in [3.05, 3.63) is 65.2 Å². The molecule has 1 spiro atoms. The molecular weight excluding hydrogens is 246 g/mol. The second kappa shape index (κ2) is 3.95. The summed E-state index contributed by atoms with van der Waals surface area (Å²) in [6, 6.07) is 16.7.